The van der Waals surface area contributed by atoms with Crippen LogP contribution in [-0.4, -0.2) is 36.5 Å². The molecule has 1 rings (SSSR count). The van der Waals surface area contributed by atoms with E-state index in [0.717, 1.165) is 0 Å². The zero-order valence-corrected chi connectivity index (χ0v) is 12.1. The van der Waals surface area contributed by atoms with E-state index in [1.54, 1.807) is 19.9 Å². The molecule has 0 atom stereocenters. The van der Waals surface area contributed by atoms with Crippen molar-refractivity contribution in [2.45, 2.75) is 27.2 Å². The number of rotatable bonds is 6. The quantitative estimate of drug-likeness (QED) is 0.753. The van der Waals surface area contributed by atoms with Crippen LogP contribution in [0.3, 0.4) is 0 Å². The third kappa shape index (κ3) is 4.33. The first-order valence-corrected chi connectivity index (χ1v) is 6.70. The van der Waals surface area contributed by atoms with Gasteiger partial charge in [-0.15, -0.1) is 0 Å². The van der Waals surface area contributed by atoms with Crippen molar-refractivity contribution in [2.24, 2.45) is 0 Å². The molecule has 0 fully saturated rings. The fourth-order valence-corrected chi connectivity index (χ4v) is 1.88. The minimum absolute atomic E-state index is 0.115. The maximum absolute atomic E-state index is 13.3. The average Bonchev–Trinajstić information content (AvgIpc) is 2.40. The Hall–Kier alpha value is -1.91. The van der Waals surface area contributed by atoms with Crippen LogP contribution in [0.5, 0.6) is 0 Å². The molecule has 0 bridgehead atoms. The molecule has 20 heavy (non-hydrogen) atoms. The van der Waals surface area contributed by atoms with Crippen LogP contribution in [0.4, 0.5) is 4.39 Å². The van der Waals surface area contributed by atoms with E-state index in [1.165, 1.54) is 17.0 Å². The molecular weight excluding hydrogens is 261 g/mol. The smallest absolute Gasteiger partial charge is 0.325 e. The number of carbonyl (C=O) groups excluding carboxylic acids is 2. The van der Waals surface area contributed by atoms with E-state index >= 15 is 0 Å². The maximum atomic E-state index is 13.3. The Morgan fingerprint density at radius 3 is 2.60 bits per heavy atom. The summed E-state index contributed by atoms with van der Waals surface area (Å²) in [6.45, 7) is 5.93. The number of halogens is 1. The van der Waals surface area contributed by atoms with Crippen LogP contribution in [0.25, 0.3) is 0 Å². The number of amides is 1. The number of hydrogen-bond acceptors (Lipinski definition) is 3. The number of esters is 1. The number of nitrogens with zero attached hydrogens (tertiary/aromatic N) is 1. The van der Waals surface area contributed by atoms with Crippen molar-refractivity contribution < 1.29 is 18.7 Å². The summed E-state index contributed by atoms with van der Waals surface area (Å²) in [6.07, 6.45) is 0.708. The molecule has 0 aromatic heterocycles. The van der Waals surface area contributed by atoms with Crippen molar-refractivity contribution in [2.75, 3.05) is 19.7 Å². The summed E-state index contributed by atoms with van der Waals surface area (Å²) < 4.78 is 18.1. The monoisotopic (exact) mass is 281 g/mol. The Labute approximate surface area is 118 Å². The lowest BCUT2D eigenvalue weighted by Gasteiger charge is -2.22. The molecule has 0 saturated carbocycles. The van der Waals surface area contributed by atoms with E-state index in [1.807, 2.05) is 6.92 Å². The van der Waals surface area contributed by atoms with Crippen molar-refractivity contribution in [1.82, 2.24) is 4.90 Å². The molecule has 0 aliphatic carbocycles. The van der Waals surface area contributed by atoms with E-state index in [0.29, 0.717) is 18.5 Å². The molecule has 1 aromatic carbocycles. The topological polar surface area (TPSA) is 46.6 Å². The molecule has 4 nitrogen and oxygen atoms in total. The summed E-state index contributed by atoms with van der Waals surface area (Å²) >= 11 is 0. The van der Waals surface area contributed by atoms with Crippen LogP contribution in [0.1, 0.15) is 36.2 Å². The lowest BCUT2D eigenvalue weighted by Crippen LogP contribution is -2.37. The van der Waals surface area contributed by atoms with Gasteiger partial charge in [0.05, 0.1) is 6.61 Å². The lowest BCUT2D eigenvalue weighted by atomic mass is 10.1. The maximum Gasteiger partial charge on any atom is 0.325 e. The van der Waals surface area contributed by atoms with E-state index in [9.17, 15) is 14.0 Å². The number of ether oxygens (including phenoxy) is 1. The van der Waals surface area contributed by atoms with Gasteiger partial charge in [-0.05, 0) is 38.0 Å². The van der Waals surface area contributed by atoms with E-state index in [-0.39, 0.29) is 24.6 Å². The average molecular weight is 281 g/mol. The highest BCUT2D eigenvalue weighted by Crippen LogP contribution is 2.13. The van der Waals surface area contributed by atoms with Crippen LogP contribution < -0.4 is 0 Å². The Bertz CT molecular complexity index is 488. The van der Waals surface area contributed by atoms with Crippen molar-refractivity contribution >= 4 is 11.9 Å². The molecule has 1 amide bonds. The molecule has 1 aromatic rings. The zero-order chi connectivity index (χ0) is 15.1. The van der Waals surface area contributed by atoms with Gasteiger partial charge in [0.2, 0.25) is 0 Å². The van der Waals surface area contributed by atoms with Crippen molar-refractivity contribution in [3.63, 3.8) is 0 Å². The standard InChI is InChI=1S/C15H20FNO3/c1-4-8-17(10-14(18)20-5-2)15(19)13-9-12(16)7-6-11(13)3/h6-7,9H,4-5,8,10H2,1-3H3. The zero-order valence-electron chi connectivity index (χ0n) is 12.1. The molecule has 0 aliphatic rings. The first-order valence-electron chi connectivity index (χ1n) is 6.70. The Balaban J connectivity index is 2.93. The van der Waals surface area contributed by atoms with E-state index in [2.05, 4.69) is 0 Å². The van der Waals surface area contributed by atoms with Gasteiger partial charge in [-0.2, -0.15) is 0 Å². The molecule has 5 heteroatoms. The van der Waals surface area contributed by atoms with Gasteiger partial charge in [0.15, 0.2) is 0 Å². The summed E-state index contributed by atoms with van der Waals surface area (Å²) in [7, 11) is 0. The molecule has 0 spiro atoms. The number of benzene rings is 1. The third-order valence-electron chi connectivity index (χ3n) is 2.84. The predicted molar refractivity (Wildman–Crippen MR) is 74.0 cm³/mol. The molecule has 0 unspecified atom stereocenters. The molecule has 0 N–H and O–H groups in total. The fourth-order valence-electron chi connectivity index (χ4n) is 1.88. The number of carbonyl (C=O) groups is 2. The molecule has 0 radical (unpaired) electrons. The Morgan fingerprint density at radius 2 is 2.00 bits per heavy atom. The van der Waals surface area contributed by atoms with Crippen LogP contribution >= 0.6 is 0 Å². The molecule has 110 valence electrons. The van der Waals surface area contributed by atoms with Gasteiger partial charge in [-0.3, -0.25) is 9.59 Å². The van der Waals surface area contributed by atoms with Crippen LogP contribution in [-0.2, 0) is 9.53 Å². The summed E-state index contributed by atoms with van der Waals surface area (Å²) in [4.78, 5) is 25.3. The second-order valence-corrected chi connectivity index (χ2v) is 4.49. The van der Waals surface area contributed by atoms with Crippen molar-refractivity contribution in [3.05, 3.63) is 35.1 Å². The summed E-state index contributed by atoms with van der Waals surface area (Å²) in [6, 6.07) is 4.06. The summed E-state index contributed by atoms with van der Waals surface area (Å²) in [5.74, 6) is -1.27. The van der Waals surface area contributed by atoms with Crippen LogP contribution in [0.2, 0.25) is 0 Å². The van der Waals surface area contributed by atoms with Gasteiger partial charge in [-0.1, -0.05) is 13.0 Å². The van der Waals surface area contributed by atoms with Gasteiger partial charge in [0.25, 0.3) is 5.91 Å². The van der Waals surface area contributed by atoms with Crippen molar-refractivity contribution in [1.29, 1.82) is 0 Å². The first kappa shape index (κ1) is 16.1. The predicted octanol–water partition coefficient (Wildman–Crippen LogP) is 2.55. The summed E-state index contributed by atoms with van der Waals surface area (Å²) in [5, 5.41) is 0. The minimum atomic E-state index is -0.466. The third-order valence-corrected chi connectivity index (χ3v) is 2.84. The van der Waals surface area contributed by atoms with Gasteiger partial charge in [0, 0.05) is 12.1 Å². The van der Waals surface area contributed by atoms with Crippen molar-refractivity contribution in [3.8, 4) is 0 Å². The van der Waals surface area contributed by atoms with E-state index < -0.39 is 11.8 Å². The first-order chi connectivity index (χ1) is 9.49. The SMILES string of the molecule is CCCN(CC(=O)OCC)C(=O)c1cc(F)ccc1C. The highest BCUT2D eigenvalue weighted by molar-refractivity contribution is 5.97. The Kier molecular flexibility index (Phi) is 6.15. The second kappa shape index (κ2) is 7.62. The van der Waals surface area contributed by atoms with Crippen LogP contribution in [0, 0.1) is 12.7 Å². The van der Waals surface area contributed by atoms with E-state index in [4.69, 9.17) is 4.74 Å². The molecule has 0 aliphatic heterocycles. The normalized spacial score (nSPS) is 10.2. The fraction of sp³-hybridized carbons (Fsp3) is 0.467. The van der Waals surface area contributed by atoms with Gasteiger partial charge in [-0.25, -0.2) is 4.39 Å². The number of hydrogen-bond donors (Lipinski definition) is 0. The molecular formula is C15H20FNO3. The Morgan fingerprint density at radius 1 is 1.30 bits per heavy atom. The van der Waals surface area contributed by atoms with Gasteiger partial charge >= 0.3 is 5.97 Å². The number of aryl methyl sites for hydroxylation is 1. The van der Waals surface area contributed by atoms with Gasteiger partial charge in [0.1, 0.15) is 12.4 Å². The summed E-state index contributed by atoms with van der Waals surface area (Å²) in [5.41, 5.74) is 0.962. The largest absolute Gasteiger partial charge is 0.465 e. The second-order valence-electron chi connectivity index (χ2n) is 4.49. The van der Waals surface area contributed by atoms with Gasteiger partial charge < -0.3 is 9.64 Å². The highest BCUT2D eigenvalue weighted by Gasteiger charge is 2.20. The lowest BCUT2D eigenvalue weighted by molar-refractivity contribution is -0.143. The molecule has 0 heterocycles. The molecule has 0 saturated heterocycles. The van der Waals surface area contributed by atoms with Crippen LogP contribution in [0.15, 0.2) is 18.2 Å². The highest BCUT2D eigenvalue weighted by atomic mass is 19.1. The minimum Gasteiger partial charge on any atom is -0.465 e.